The van der Waals surface area contributed by atoms with E-state index in [0.717, 1.165) is 72.5 Å². The number of halogens is 1. The van der Waals surface area contributed by atoms with Gasteiger partial charge >= 0.3 is 0 Å². The number of hydrogen-bond donors (Lipinski definition) is 2. The Morgan fingerprint density at radius 1 is 1.05 bits per heavy atom. The van der Waals surface area contributed by atoms with Crippen molar-refractivity contribution in [2.75, 3.05) is 25.5 Å². The molecule has 6 nitrogen and oxygen atoms in total. The lowest BCUT2D eigenvalue weighted by Crippen LogP contribution is -2.43. The molecule has 0 unspecified atom stereocenters. The molecule has 0 amide bonds. The fourth-order valence-corrected chi connectivity index (χ4v) is 6.27. The number of aromatic nitrogens is 1. The Morgan fingerprint density at radius 3 is 2.51 bits per heavy atom. The van der Waals surface area contributed by atoms with Crippen LogP contribution < -0.4 is 10.1 Å². The molecule has 3 aromatic rings. The molecule has 1 aromatic heterocycles. The summed E-state index contributed by atoms with van der Waals surface area (Å²) in [4.78, 5) is 20.7. The lowest BCUT2D eigenvalue weighted by Gasteiger charge is -2.37. The Kier molecular flexibility index (Phi) is 6.72. The highest BCUT2D eigenvalue weighted by molar-refractivity contribution is 6.32. The second-order valence-electron chi connectivity index (χ2n) is 10.8. The summed E-state index contributed by atoms with van der Waals surface area (Å²) < 4.78 is 5.32. The minimum atomic E-state index is -0.0704. The van der Waals surface area contributed by atoms with Gasteiger partial charge in [0.05, 0.1) is 28.9 Å². The second-order valence-corrected chi connectivity index (χ2v) is 11.2. The maximum Gasteiger partial charge on any atom is 0.176 e. The number of phenols is 1. The molecule has 2 saturated carbocycles. The number of ketones is 1. The topological polar surface area (TPSA) is 74.7 Å². The molecule has 194 valence electrons. The van der Waals surface area contributed by atoms with Crippen molar-refractivity contribution in [3.63, 3.8) is 0 Å². The molecular weight excluding hydrogens is 486 g/mol. The van der Waals surface area contributed by atoms with Crippen LogP contribution in [-0.4, -0.2) is 53.1 Å². The van der Waals surface area contributed by atoms with E-state index in [9.17, 15) is 9.90 Å². The van der Waals surface area contributed by atoms with Gasteiger partial charge in [0.15, 0.2) is 17.3 Å². The number of hydrogen-bond acceptors (Lipinski definition) is 6. The van der Waals surface area contributed by atoms with E-state index in [1.165, 1.54) is 32.8 Å². The molecule has 3 aliphatic rings. The minimum Gasteiger partial charge on any atom is -0.503 e. The monoisotopic (exact) mass is 519 g/mol. The van der Waals surface area contributed by atoms with Crippen LogP contribution in [0.5, 0.6) is 11.5 Å². The summed E-state index contributed by atoms with van der Waals surface area (Å²) in [7, 11) is 1.51. The quantitative estimate of drug-likeness (QED) is 0.339. The zero-order chi connectivity index (χ0) is 25.5. The van der Waals surface area contributed by atoms with E-state index in [1.54, 1.807) is 18.3 Å². The number of nitrogens with one attached hydrogen (secondary N) is 1. The number of nitrogens with zero attached hydrogens (tertiary/aromatic N) is 2. The average molecular weight is 520 g/mol. The maximum absolute atomic E-state index is 13.3. The third-order valence-corrected chi connectivity index (χ3v) is 8.67. The van der Waals surface area contributed by atoms with Crippen LogP contribution in [-0.2, 0) is 0 Å². The molecule has 1 saturated heterocycles. The number of anilines is 1. The number of ether oxygens (including phenoxy) is 1. The van der Waals surface area contributed by atoms with Crippen LogP contribution in [0.25, 0.3) is 22.0 Å². The Labute approximate surface area is 223 Å². The summed E-state index contributed by atoms with van der Waals surface area (Å²) in [5.74, 6) is 0.567. The molecule has 3 fully saturated rings. The van der Waals surface area contributed by atoms with Gasteiger partial charge in [0.1, 0.15) is 0 Å². The number of carbonyl (C=O) groups excluding carboxylic acids is 1. The van der Waals surface area contributed by atoms with Crippen molar-refractivity contribution in [1.82, 2.24) is 9.88 Å². The number of methoxy groups -OCH3 is 1. The van der Waals surface area contributed by atoms with Gasteiger partial charge in [-0.3, -0.25) is 9.78 Å². The molecule has 7 heteroatoms. The Morgan fingerprint density at radius 2 is 1.81 bits per heavy atom. The van der Waals surface area contributed by atoms with Crippen LogP contribution in [0.1, 0.15) is 61.7 Å². The number of pyridine rings is 1. The average Bonchev–Trinajstić information content (AvgIpc) is 3.63. The Hall–Kier alpha value is -2.83. The standard InChI is InChI=1S/C30H34ClN3O3/c1-37-27-16-20(15-25(31)30(27)36)19-8-9-26-23(14-19)28(24(17-32-26)29(35)18-6-7-18)33-21-10-12-34(13-11-21)22-4-2-3-5-22/h8-9,14-18,21-22,36H,2-7,10-13H2,1H3,(H,32,33). The lowest BCUT2D eigenvalue weighted by atomic mass is 9.97. The van der Waals surface area contributed by atoms with E-state index in [0.29, 0.717) is 17.4 Å². The highest BCUT2D eigenvalue weighted by Gasteiger charge is 2.33. The molecule has 1 aliphatic heterocycles. The zero-order valence-corrected chi connectivity index (χ0v) is 22.1. The van der Waals surface area contributed by atoms with Crippen molar-refractivity contribution in [3.8, 4) is 22.6 Å². The van der Waals surface area contributed by atoms with Crippen LogP contribution in [0.4, 0.5) is 5.69 Å². The zero-order valence-electron chi connectivity index (χ0n) is 21.3. The number of phenolic OH excluding ortho intramolecular Hbond substituents is 1. The molecule has 2 heterocycles. The Bertz CT molecular complexity index is 1330. The molecule has 0 spiro atoms. The first kappa shape index (κ1) is 24.5. The number of fused-ring (bicyclic) bond motifs is 1. The number of likely N-dealkylation sites (tertiary alicyclic amines) is 1. The molecule has 2 N–H and O–H groups in total. The minimum absolute atomic E-state index is 0.0704. The van der Waals surface area contributed by atoms with Crippen molar-refractivity contribution >= 4 is 34.0 Å². The molecule has 0 bridgehead atoms. The summed E-state index contributed by atoms with van der Waals surface area (Å²) >= 11 is 6.29. The number of aromatic hydroxyl groups is 1. The van der Waals surface area contributed by atoms with Crippen LogP contribution in [0, 0.1) is 5.92 Å². The molecule has 2 aromatic carbocycles. The number of Topliss-reactive ketones (excluding diaryl/α,β-unsaturated/α-hetero) is 1. The Balaban J connectivity index is 1.35. The van der Waals surface area contributed by atoms with E-state index in [2.05, 4.69) is 21.3 Å². The molecule has 37 heavy (non-hydrogen) atoms. The van der Waals surface area contributed by atoms with Crippen molar-refractivity contribution in [3.05, 3.63) is 47.1 Å². The summed E-state index contributed by atoms with van der Waals surface area (Å²) in [6.45, 7) is 2.21. The summed E-state index contributed by atoms with van der Waals surface area (Å²) in [5.41, 5.74) is 4.20. The van der Waals surface area contributed by atoms with Gasteiger partial charge in [-0.15, -0.1) is 0 Å². The van der Waals surface area contributed by atoms with Gasteiger partial charge in [0.25, 0.3) is 0 Å². The molecule has 6 rings (SSSR count). The van der Waals surface area contributed by atoms with Crippen LogP contribution >= 0.6 is 11.6 Å². The van der Waals surface area contributed by atoms with Crippen LogP contribution in [0.2, 0.25) is 5.02 Å². The predicted octanol–water partition coefficient (Wildman–Crippen LogP) is 6.68. The van der Waals surface area contributed by atoms with E-state index in [-0.39, 0.29) is 22.5 Å². The smallest absolute Gasteiger partial charge is 0.176 e. The summed E-state index contributed by atoms with van der Waals surface area (Å²) in [6, 6.07) is 10.6. The highest BCUT2D eigenvalue weighted by Crippen LogP contribution is 2.41. The first-order chi connectivity index (χ1) is 18.0. The first-order valence-corrected chi connectivity index (χ1v) is 13.9. The van der Waals surface area contributed by atoms with Gasteiger partial charge < -0.3 is 20.1 Å². The normalized spacial score (nSPS) is 19.4. The SMILES string of the molecule is COc1cc(-c2ccc3ncc(C(=O)C4CC4)c(NC4CCN(C5CCCC5)CC4)c3c2)cc(Cl)c1O. The van der Waals surface area contributed by atoms with E-state index in [4.69, 9.17) is 16.3 Å². The van der Waals surface area contributed by atoms with E-state index >= 15 is 0 Å². The van der Waals surface area contributed by atoms with Crippen LogP contribution in [0.15, 0.2) is 36.5 Å². The van der Waals surface area contributed by atoms with Gasteiger partial charge in [-0.25, -0.2) is 0 Å². The number of rotatable bonds is 7. The summed E-state index contributed by atoms with van der Waals surface area (Å²) in [6.07, 6.45) is 11.2. The van der Waals surface area contributed by atoms with Crippen molar-refractivity contribution in [2.45, 2.75) is 63.5 Å². The van der Waals surface area contributed by atoms with Gasteiger partial charge in [-0.2, -0.15) is 0 Å². The third kappa shape index (κ3) is 4.89. The first-order valence-electron chi connectivity index (χ1n) is 13.6. The van der Waals surface area contributed by atoms with Crippen molar-refractivity contribution in [1.29, 1.82) is 0 Å². The van der Waals surface area contributed by atoms with Crippen LogP contribution in [0.3, 0.4) is 0 Å². The fourth-order valence-electron chi connectivity index (χ4n) is 6.06. The van der Waals surface area contributed by atoms with E-state index < -0.39 is 0 Å². The number of carbonyl (C=O) groups is 1. The maximum atomic E-state index is 13.3. The lowest BCUT2D eigenvalue weighted by molar-refractivity contribution is 0.0968. The third-order valence-electron chi connectivity index (χ3n) is 8.38. The molecular formula is C30H34ClN3O3. The highest BCUT2D eigenvalue weighted by atomic mass is 35.5. The van der Waals surface area contributed by atoms with Gasteiger partial charge in [-0.1, -0.05) is 30.5 Å². The number of benzene rings is 2. The van der Waals surface area contributed by atoms with Gasteiger partial charge in [-0.05, 0) is 73.9 Å². The summed E-state index contributed by atoms with van der Waals surface area (Å²) in [5, 5.41) is 15.2. The van der Waals surface area contributed by atoms with E-state index in [1.807, 2.05) is 12.1 Å². The van der Waals surface area contributed by atoms with Gasteiger partial charge in [0, 0.05) is 42.7 Å². The van der Waals surface area contributed by atoms with Crippen molar-refractivity contribution < 1.29 is 14.6 Å². The molecule has 2 aliphatic carbocycles. The van der Waals surface area contributed by atoms with Gasteiger partial charge in [0.2, 0.25) is 0 Å². The largest absolute Gasteiger partial charge is 0.503 e. The molecule has 0 atom stereocenters. The molecule has 0 radical (unpaired) electrons. The fraction of sp³-hybridized carbons (Fsp3) is 0.467. The second kappa shape index (κ2) is 10.1. The number of piperidine rings is 1. The predicted molar refractivity (Wildman–Crippen MR) is 148 cm³/mol. The van der Waals surface area contributed by atoms with Crippen molar-refractivity contribution in [2.24, 2.45) is 5.92 Å².